The molecule has 4 atom stereocenters. The van der Waals surface area contributed by atoms with Gasteiger partial charge in [0.25, 0.3) is 0 Å². The Hall–Kier alpha value is -1.36. The summed E-state index contributed by atoms with van der Waals surface area (Å²) in [6.07, 6.45) is 1.34. The van der Waals surface area contributed by atoms with Gasteiger partial charge in [-0.25, -0.2) is 0 Å². The van der Waals surface area contributed by atoms with Crippen LogP contribution >= 0.6 is 11.6 Å². The first-order valence-corrected chi connectivity index (χ1v) is 7.62. The van der Waals surface area contributed by atoms with E-state index in [1.54, 1.807) is 6.20 Å². The van der Waals surface area contributed by atoms with E-state index in [9.17, 15) is 10.2 Å². The number of anilines is 1. The average Bonchev–Trinajstić information content (AvgIpc) is 3.03. The minimum atomic E-state index is -0.673. The number of aromatic nitrogens is 1. The van der Waals surface area contributed by atoms with Gasteiger partial charge in [-0.3, -0.25) is 4.98 Å². The van der Waals surface area contributed by atoms with Crippen LogP contribution < -0.4 is 4.90 Å². The van der Waals surface area contributed by atoms with Crippen LogP contribution in [0.2, 0.25) is 5.02 Å². The number of piperidine rings is 1. The molecule has 2 bridgehead atoms. The van der Waals surface area contributed by atoms with Crippen LogP contribution in [0.4, 0.5) is 5.69 Å². The molecule has 4 rings (SSSR count). The zero-order valence-electron chi connectivity index (χ0n) is 11.7. The van der Waals surface area contributed by atoms with Crippen molar-refractivity contribution >= 4 is 28.2 Å². The number of benzene rings is 1. The van der Waals surface area contributed by atoms with E-state index >= 15 is 0 Å². The molecular formula is C16H17ClN2O2. The van der Waals surface area contributed by atoms with Crippen LogP contribution in [0.25, 0.3) is 10.9 Å². The zero-order chi connectivity index (χ0) is 14.7. The minimum absolute atomic E-state index is 0.0179. The van der Waals surface area contributed by atoms with E-state index < -0.39 is 12.2 Å². The van der Waals surface area contributed by atoms with Crippen LogP contribution in [0.1, 0.15) is 12.0 Å². The summed E-state index contributed by atoms with van der Waals surface area (Å²) >= 11 is 6.37. The summed E-state index contributed by atoms with van der Waals surface area (Å²) in [7, 11) is 0. The molecule has 2 N–H and O–H groups in total. The van der Waals surface area contributed by atoms with Crippen molar-refractivity contribution < 1.29 is 10.2 Å². The van der Waals surface area contributed by atoms with Crippen LogP contribution in [-0.4, -0.2) is 40.0 Å². The van der Waals surface area contributed by atoms with Gasteiger partial charge in [0, 0.05) is 29.7 Å². The number of pyridine rings is 1. The van der Waals surface area contributed by atoms with Gasteiger partial charge in [-0.05, 0) is 25.0 Å². The van der Waals surface area contributed by atoms with Gasteiger partial charge in [0.2, 0.25) is 0 Å². The largest absolute Gasteiger partial charge is 0.390 e. The normalized spacial score (nSPS) is 31.3. The fraction of sp³-hybridized carbons (Fsp3) is 0.438. The van der Waals surface area contributed by atoms with Gasteiger partial charge in [-0.1, -0.05) is 23.7 Å². The predicted octanol–water partition coefficient (Wildman–Crippen LogP) is 2.13. The molecule has 2 fully saturated rings. The quantitative estimate of drug-likeness (QED) is 0.847. The van der Waals surface area contributed by atoms with Crippen molar-refractivity contribution in [2.45, 2.75) is 31.6 Å². The molecule has 110 valence electrons. The van der Waals surface area contributed by atoms with Crippen LogP contribution in [0, 0.1) is 12.8 Å². The maximum atomic E-state index is 10.2. The number of halogens is 1. The maximum absolute atomic E-state index is 10.2. The van der Waals surface area contributed by atoms with Gasteiger partial charge in [-0.15, -0.1) is 0 Å². The number of nitrogens with zero attached hydrogens (tertiary/aromatic N) is 2. The zero-order valence-corrected chi connectivity index (χ0v) is 12.5. The number of fused-ring (bicyclic) bond motifs is 3. The van der Waals surface area contributed by atoms with Crippen molar-refractivity contribution in [3.63, 3.8) is 0 Å². The smallest absolute Gasteiger partial charge is 0.100 e. The van der Waals surface area contributed by atoms with Crippen LogP contribution in [-0.2, 0) is 0 Å². The molecule has 2 aliphatic rings. The molecule has 1 aromatic heterocycles. The second kappa shape index (κ2) is 4.57. The predicted molar refractivity (Wildman–Crippen MR) is 82.7 cm³/mol. The van der Waals surface area contributed by atoms with Crippen LogP contribution in [0.15, 0.2) is 24.4 Å². The first-order chi connectivity index (χ1) is 10.1. The van der Waals surface area contributed by atoms with E-state index in [1.807, 2.05) is 25.1 Å². The Balaban J connectivity index is 1.84. The molecule has 1 saturated heterocycles. The number of aryl methyl sites for hydroxylation is 1. The first kappa shape index (κ1) is 13.3. The molecule has 0 spiro atoms. The molecule has 1 aliphatic carbocycles. The Morgan fingerprint density at radius 2 is 2.05 bits per heavy atom. The summed E-state index contributed by atoms with van der Waals surface area (Å²) in [5.41, 5.74) is 2.85. The van der Waals surface area contributed by atoms with Crippen molar-refractivity contribution in [1.82, 2.24) is 4.98 Å². The highest BCUT2D eigenvalue weighted by Crippen LogP contribution is 2.43. The highest BCUT2D eigenvalue weighted by Gasteiger charge is 2.50. The minimum Gasteiger partial charge on any atom is -0.390 e. The second-order valence-corrected chi connectivity index (χ2v) is 6.50. The van der Waals surface area contributed by atoms with Crippen LogP contribution in [0.3, 0.4) is 0 Å². The molecule has 4 nitrogen and oxygen atoms in total. The summed E-state index contributed by atoms with van der Waals surface area (Å²) in [5, 5.41) is 21.8. The molecule has 0 unspecified atom stereocenters. The summed E-state index contributed by atoms with van der Waals surface area (Å²) in [6.45, 7) is 2.74. The van der Waals surface area contributed by atoms with Crippen molar-refractivity contribution in [1.29, 1.82) is 0 Å². The standard InChI is InChI=1S/C16H17ClN2O2/c1-8-2-3-10-11(4-5-18-14(10)13(8)17)19-7-9-6-12(19)16(21)15(9)20/h2-5,9,12,15-16,20-21H,6-7H2,1H3/t9-,12-,15-,16+/m0/s1. The Morgan fingerprint density at radius 3 is 2.76 bits per heavy atom. The van der Waals surface area contributed by atoms with E-state index in [1.165, 1.54) is 0 Å². The number of aliphatic hydroxyl groups excluding tert-OH is 2. The molecule has 2 aromatic rings. The van der Waals surface area contributed by atoms with Crippen molar-refractivity contribution in [2.24, 2.45) is 5.92 Å². The van der Waals surface area contributed by atoms with Gasteiger partial charge in [-0.2, -0.15) is 0 Å². The molecule has 1 saturated carbocycles. The Labute approximate surface area is 128 Å². The third-order valence-electron chi connectivity index (χ3n) is 4.93. The van der Waals surface area contributed by atoms with E-state index in [4.69, 9.17) is 11.6 Å². The van der Waals surface area contributed by atoms with Gasteiger partial charge in [0.1, 0.15) is 6.10 Å². The number of aliphatic hydroxyl groups is 2. The molecular weight excluding hydrogens is 288 g/mol. The van der Waals surface area contributed by atoms with Gasteiger partial charge in [0.15, 0.2) is 0 Å². The molecule has 1 aliphatic heterocycles. The number of hydrogen-bond donors (Lipinski definition) is 2. The Bertz CT molecular complexity index is 719. The van der Waals surface area contributed by atoms with E-state index in [-0.39, 0.29) is 12.0 Å². The Morgan fingerprint density at radius 1 is 1.24 bits per heavy atom. The lowest BCUT2D eigenvalue weighted by Crippen LogP contribution is -2.48. The lowest BCUT2D eigenvalue weighted by molar-refractivity contribution is 0.00309. The molecule has 1 aromatic carbocycles. The SMILES string of the molecule is Cc1ccc2c(N3C[C@@H]4C[C@H]3[C@@H](O)[C@H]4O)ccnc2c1Cl. The fourth-order valence-corrected chi connectivity index (χ4v) is 3.99. The summed E-state index contributed by atoms with van der Waals surface area (Å²) in [5.74, 6) is 0.147. The first-order valence-electron chi connectivity index (χ1n) is 7.24. The number of hydrogen-bond acceptors (Lipinski definition) is 4. The fourth-order valence-electron chi connectivity index (χ4n) is 3.78. The van der Waals surface area contributed by atoms with Crippen molar-refractivity contribution in [3.05, 3.63) is 35.0 Å². The molecule has 21 heavy (non-hydrogen) atoms. The van der Waals surface area contributed by atoms with Crippen molar-refractivity contribution in [3.8, 4) is 0 Å². The van der Waals surface area contributed by atoms with Gasteiger partial charge >= 0.3 is 0 Å². The molecule has 0 amide bonds. The van der Waals surface area contributed by atoms with E-state index in [2.05, 4.69) is 9.88 Å². The van der Waals surface area contributed by atoms with Crippen LogP contribution in [0.5, 0.6) is 0 Å². The third-order valence-corrected chi connectivity index (χ3v) is 5.41. The lowest BCUT2D eigenvalue weighted by atomic mass is 10.0. The number of rotatable bonds is 1. The Kier molecular flexibility index (Phi) is 2.89. The van der Waals surface area contributed by atoms with E-state index in [0.717, 1.165) is 35.1 Å². The summed E-state index contributed by atoms with van der Waals surface area (Å²) in [4.78, 5) is 6.59. The molecule has 2 heterocycles. The highest BCUT2D eigenvalue weighted by atomic mass is 35.5. The average molecular weight is 305 g/mol. The highest BCUT2D eigenvalue weighted by molar-refractivity contribution is 6.36. The topological polar surface area (TPSA) is 56.6 Å². The monoisotopic (exact) mass is 304 g/mol. The third kappa shape index (κ3) is 1.79. The molecule has 5 heteroatoms. The summed E-state index contributed by atoms with van der Waals surface area (Å²) < 4.78 is 0. The second-order valence-electron chi connectivity index (χ2n) is 6.12. The van der Waals surface area contributed by atoms with Gasteiger partial charge in [0.05, 0.1) is 22.7 Å². The van der Waals surface area contributed by atoms with Gasteiger partial charge < -0.3 is 15.1 Å². The summed E-state index contributed by atoms with van der Waals surface area (Å²) in [6, 6.07) is 5.98. The van der Waals surface area contributed by atoms with E-state index in [0.29, 0.717) is 5.02 Å². The lowest BCUT2D eigenvalue weighted by Gasteiger charge is -2.35. The maximum Gasteiger partial charge on any atom is 0.100 e. The van der Waals surface area contributed by atoms with Crippen molar-refractivity contribution in [2.75, 3.05) is 11.4 Å². The molecule has 0 radical (unpaired) electrons.